The molecule has 0 bridgehead atoms. The van der Waals surface area contributed by atoms with E-state index < -0.39 is 5.97 Å². The summed E-state index contributed by atoms with van der Waals surface area (Å²) >= 11 is 12.6. The zero-order valence-corrected chi connectivity index (χ0v) is 19.0. The van der Waals surface area contributed by atoms with Gasteiger partial charge in [-0.15, -0.1) is 0 Å². The molecule has 166 valence electrons. The van der Waals surface area contributed by atoms with E-state index in [0.29, 0.717) is 40.8 Å². The molecule has 0 amide bonds. The lowest BCUT2D eigenvalue weighted by molar-refractivity contribution is 0.0598. The Morgan fingerprint density at radius 2 is 1.78 bits per heavy atom. The monoisotopic (exact) mass is 473 g/mol. The summed E-state index contributed by atoms with van der Waals surface area (Å²) in [6.45, 7) is 3.25. The molecule has 0 spiro atoms. The maximum absolute atomic E-state index is 12.4. The predicted octanol–water partition coefficient (Wildman–Crippen LogP) is 5.37. The SMILES string of the molecule is CCOCCc1ccc(Nc2nc(-c3c(Cl)cccc3Cl)nc(C=O)c2C(=O)OC)cc1. The van der Waals surface area contributed by atoms with Crippen LogP contribution in [0.15, 0.2) is 42.5 Å². The van der Waals surface area contributed by atoms with Crippen LogP contribution in [0.3, 0.4) is 0 Å². The van der Waals surface area contributed by atoms with E-state index in [4.69, 9.17) is 32.7 Å². The summed E-state index contributed by atoms with van der Waals surface area (Å²) in [6, 6.07) is 12.5. The number of aldehydes is 1. The molecule has 1 aromatic heterocycles. The molecule has 0 saturated heterocycles. The first kappa shape index (κ1) is 23.7. The topological polar surface area (TPSA) is 90.4 Å². The van der Waals surface area contributed by atoms with Crippen LogP contribution in [0, 0.1) is 0 Å². The normalized spacial score (nSPS) is 10.6. The van der Waals surface area contributed by atoms with Gasteiger partial charge in [0.05, 0.1) is 29.3 Å². The van der Waals surface area contributed by atoms with Crippen molar-refractivity contribution in [3.05, 3.63) is 69.3 Å². The number of carbonyl (C=O) groups is 2. The summed E-state index contributed by atoms with van der Waals surface area (Å²) < 4.78 is 10.2. The van der Waals surface area contributed by atoms with Crippen molar-refractivity contribution in [2.75, 3.05) is 25.6 Å². The standard InChI is InChI=1S/C23H21Cl2N3O4/c1-3-32-12-11-14-7-9-15(10-8-14)26-22-20(23(30)31-2)18(13-29)27-21(28-22)19-16(24)5-4-6-17(19)25/h4-10,13H,3,11-12H2,1-2H3,(H,26,27,28). The zero-order valence-electron chi connectivity index (χ0n) is 17.5. The highest BCUT2D eigenvalue weighted by molar-refractivity contribution is 6.39. The maximum atomic E-state index is 12.4. The van der Waals surface area contributed by atoms with Crippen molar-refractivity contribution in [2.24, 2.45) is 0 Å². The van der Waals surface area contributed by atoms with Crippen molar-refractivity contribution < 1.29 is 19.1 Å². The molecule has 0 fully saturated rings. The maximum Gasteiger partial charge on any atom is 0.344 e. The molecule has 0 saturated carbocycles. The van der Waals surface area contributed by atoms with E-state index in [2.05, 4.69) is 15.3 Å². The van der Waals surface area contributed by atoms with Gasteiger partial charge in [-0.1, -0.05) is 41.4 Å². The Labute approximate surface area is 195 Å². The number of carbonyl (C=O) groups excluding carboxylic acids is 2. The second-order valence-corrected chi connectivity index (χ2v) is 7.45. The molecular formula is C23H21Cl2N3O4. The van der Waals surface area contributed by atoms with Crippen LogP contribution in [0.4, 0.5) is 11.5 Å². The lowest BCUT2D eigenvalue weighted by Crippen LogP contribution is -2.14. The minimum Gasteiger partial charge on any atom is -0.465 e. The largest absolute Gasteiger partial charge is 0.465 e. The van der Waals surface area contributed by atoms with E-state index in [1.165, 1.54) is 7.11 Å². The molecule has 0 aliphatic rings. The Morgan fingerprint density at radius 3 is 2.38 bits per heavy atom. The molecule has 0 radical (unpaired) electrons. The number of rotatable bonds is 9. The molecule has 9 heteroatoms. The fraction of sp³-hybridized carbons (Fsp3) is 0.217. The minimum absolute atomic E-state index is 0.0881. The Balaban J connectivity index is 2.04. The van der Waals surface area contributed by atoms with Crippen LogP contribution in [-0.4, -0.2) is 42.5 Å². The van der Waals surface area contributed by atoms with Gasteiger partial charge in [0.2, 0.25) is 0 Å². The first-order valence-electron chi connectivity index (χ1n) is 9.82. The molecule has 1 heterocycles. The lowest BCUT2D eigenvalue weighted by Gasteiger charge is -2.14. The molecule has 0 aliphatic carbocycles. The van der Waals surface area contributed by atoms with Crippen molar-refractivity contribution in [3.8, 4) is 11.4 Å². The third kappa shape index (κ3) is 5.43. The number of methoxy groups -OCH3 is 1. The van der Waals surface area contributed by atoms with Gasteiger partial charge < -0.3 is 14.8 Å². The molecule has 0 unspecified atom stereocenters. The predicted molar refractivity (Wildman–Crippen MR) is 124 cm³/mol. The van der Waals surface area contributed by atoms with Gasteiger partial charge in [-0.05, 0) is 43.2 Å². The van der Waals surface area contributed by atoms with Crippen molar-refractivity contribution in [3.63, 3.8) is 0 Å². The van der Waals surface area contributed by atoms with Crippen LogP contribution in [0.25, 0.3) is 11.4 Å². The van der Waals surface area contributed by atoms with Gasteiger partial charge >= 0.3 is 5.97 Å². The molecule has 32 heavy (non-hydrogen) atoms. The summed E-state index contributed by atoms with van der Waals surface area (Å²) in [7, 11) is 1.21. The summed E-state index contributed by atoms with van der Waals surface area (Å²) in [5.41, 5.74) is 1.87. The number of esters is 1. The Bertz CT molecular complexity index is 1100. The number of hydrogen-bond acceptors (Lipinski definition) is 7. The van der Waals surface area contributed by atoms with Crippen LogP contribution in [0.2, 0.25) is 10.0 Å². The van der Waals surface area contributed by atoms with Gasteiger partial charge in [0.25, 0.3) is 0 Å². The number of anilines is 2. The van der Waals surface area contributed by atoms with E-state index in [1.54, 1.807) is 18.2 Å². The highest BCUT2D eigenvalue weighted by Gasteiger charge is 2.24. The van der Waals surface area contributed by atoms with Gasteiger partial charge in [0.1, 0.15) is 17.1 Å². The van der Waals surface area contributed by atoms with Crippen molar-refractivity contribution in [1.29, 1.82) is 0 Å². The van der Waals surface area contributed by atoms with E-state index in [1.807, 2.05) is 31.2 Å². The number of hydrogen-bond donors (Lipinski definition) is 1. The minimum atomic E-state index is -0.750. The number of nitrogens with zero attached hydrogens (tertiary/aromatic N) is 2. The third-order valence-corrected chi connectivity index (χ3v) is 5.21. The van der Waals surface area contributed by atoms with Crippen LogP contribution in [0.5, 0.6) is 0 Å². The average molecular weight is 474 g/mol. The molecule has 1 N–H and O–H groups in total. The molecule has 2 aromatic carbocycles. The van der Waals surface area contributed by atoms with E-state index >= 15 is 0 Å². The summed E-state index contributed by atoms with van der Waals surface area (Å²) in [5.74, 6) is -0.548. The van der Waals surface area contributed by atoms with Gasteiger partial charge in [0, 0.05) is 12.3 Å². The van der Waals surface area contributed by atoms with Crippen molar-refractivity contribution >= 4 is 47.0 Å². The smallest absolute Gasteiger partial charge is 0.344 e. The van der Waals surface area contributed by atoms with E-state index in [0.717, 1.165) is 12.0 Å². The number of aromatic nitrogens is 2. The molecular weight excluding hydrogens is 453 g/mol. The molecule has 3 rings (SSSR count). The second-order valence-electron chi connectivity index (χ2n) is 6.63. The van der Waals surface area contributed by atoms with Crippen LogP contribution < -0.4 is 5.32 Å². The molecule has 0 atom stereocenters. The number of nitrogens with one attached hydrogen (secondary N) is 1. The number of ether oxygens (including phenoxy) is 2. The number of halogens is 2. The summed E-state index contributed by atoms with van der Waals surface area (Å²) in [4.78, 5) is 32.8. The Morgan fingerprint density at radius 1 is 1.09 bits per heavy atom. The van der Waals surface area contributed by atoms with Crippen LogP contribution >= 0.6 is 23.2 Å². The van der Waals surface area contributed by atoms with E-state index in [9.17, 15) is 9.59 Å². The number of benzene rings is 2. The lowest BCUT2D eigenvalue weighted by atomic mass is 10.1. The summed E-state index contributed by atoms with van der Waals surface area (Å²) in [5, 5.41) is 3.70. The van der Waals surface area contributed by atoms with Gasteiger partial charge in [0.15, 0.2) is 12.1 Å². The first-order chi connectivity index (χ1) is 15.5. The van der Waals surface area contributed by atoms with Gasteiger partial charge in [-0.25, -0.2) is 14.8 Å². The average Bonchev–Trinajstić information content (AvgIpc) is 2.79. The van der Waals surface area contributed by atoms with Gasteiger partial charge in [-0.3, -0.25) is 4.79 Å². The zero-order chi connectivity index (χ0) is 23.1. The Hall–Kier alpha value is -3.00. The summed E-state index contributed by atoms with van der Waals surface area (Å²) in [6.07, 6.45) is 1.24. The first-order valence-corrected chi connectivity index (χ1v) is 10.6. The third-order valence-electron chi connectivity index (χ3n) is 4.58. The molecule has 7 nitrogen and oxygen atoms in total. The molecule has 3 aromatic rings. The Kier molecular flexibility index (Phi) is 8.16. The van der Waals surface area contributed by atoms with Crippen LogP contribution in [-0.2, 0) is 15.9 Å². The van der Waals surface area contributed by atoms with Crippen molar-refractivity contribution in [2.45, 2.75) is 13.3 Å². The fourth-order valence-electron chi connectivity index (χ4n) is 3.01. The quantitative estimate of drug-likeness (QED) is 0.253. The van der Waals surface area contributed by atoms with Crippen molar-refractivity contribution in [1.82, 2.24) is 9.97 Å². The highest BCUT2D eigenvalue weighted by Crippen LogP contribution is 2.34. The highest BCUT2D eigenvalue weighted by atomic mass is 35.5. The van der Waals surface area contributed by atoms with Crippen LogP contribution in [0.1, 0.15) is 33.3 Å². The molecule has 0 aliphatic heterocycles. The second kappa shape index (κ2) is 11.0. The van der Waals surface area contributed by atoms with E-state index in [-0.39, 0.29) is 22.9 Å². The fourth-order valence-corrected chi connectivity index (χ4v) is 3.57. The van der Waals surface area contributed by atoms with Gasteiger partial charge in [-0.2, -0.15) is 0 Å².